The molecule has 0 radical (unpaired) electrons. The van der Waals surface area contributed by atoms with Gasteiger partial charge in [-0.25, -0.2) is 0 Å². The minimum absolute atomic E-state index is 0.136. The lowest BCUT2D eigenvalue weighted by Gasteiger charge is -2.08. The molecular formula is C16H16N6O4S3. The standard InChI is InChI=1S/C16H16N6O4S3/c1-8-19-20-14(28-8)17-12(23)7-27-16-22-21-15(29-16)18-13(24)9-4-5-10(25-2)11(6-9)26-3/h4-6H,7H2,1-3H3,(H,17,20,23)(H,18,21,24). The zero-order valence-corrected chi connectivity index (χ0v) is 18.0. The number of nitrogens with zero attached hydrogens (tertiary/aromatic N) is 4. The Morgan fingerprint density at radius 2 is 1.72 bits per heavy atom. The van der Waals surface area contributed by atoms with E-state index in [0.29, 0.717) is 31.7 Å². The topological polar surface area (TPSA) is 128 Å². The number of hydrogen-bond acceptors (Lipinski definition) is 11. The summed E-state index contributed by atoms with van der Waals surface area (Å²) in [7, 11) is 3.02. The summed E-state index contributed by atoms with van der Waals surface area (Å²) in [6, 6.07) is 4.84. The van der Waals surface area contributed by atoms with Gasteiger partial charge in [0.15, 0.2) is 15.8 Å². The maximum Gasteiger partial charge on any atom is 0.257 e. The van der Waals surface area contributed by atoms with Crippen LogP contribution in [0.25, 0.3) is 0 Å². The molecule has 2 amide bonds. The van der Waals surface area contributed by atoms with E-state index in [2.05, 4.69) is 31.0 Å². The van der Waals surface area contributed by atoms with Crippen molar-refractivity contribution in [1.29, 1.82) is 0 Å². The average molecular weight is 453 g/mol. The summed E-state index contributed by atoms with van der Waals surface area (Å²) in [6.07, 6.45) is 0. The Morgan fingerprint density at radius 1 is 1.00 bits per heavy atom. The van der Waals surface area contributed by atoms with Crippen molar-refractivity contribution < 1.29 is 19.1 Å². The van der Waals surface area contributed by atoms with E-state index in [4.69, 9.17) is 9.47 Å². The van der Waals surface area contributed by atoms with Crippen LogP contribution in [0.3, 0.4) is 0 Å². The van der Waals surface area contributed by atoms with Gasteiger partial charge in [0.05, 0.1) is 20.0 Å². The molecule has 2 heterocycles. The third kappa shape index (κ3) is 5.62. The van der Waals surface area contributed by atoms with Gasteiger partial charge in [-0.3, -0.25) is 20.2 Å². The molecular weight excluding hydrogens is 436 g/mol. The van der Waals surface area contributed by atoms with Gasteiger partial charge >= 0.3 is 0 Å². The molecule has 2 aromatic heterocycles. The molecule has 0 bridgehead atoms. The number of ether oxygens (including phenoxy) is 2. The van der Waals surface area contributed by atoms with Crippen molar-refractivity contribution in [2.24, 2.45) is 0 Å². The van der Waals surface area contributed by atoms with Crippen LogP contribution in [0.5, 0.6) is 11.5 Å². The van der Waals surface area contributed by atoms with E-state index in [9.17, 15) is 9.59 Å². The predicted octanol–water partition coefficient (Wildman–Crippen LogP) is 2.70. The number of methoxy groups -OCH3 is 2. The summed E-state index contributed by atoms with van der Waals surface area (Å²) in [6.45, 7) is 1.81. The number of anilines is 2. The summed E-state index contributed by atoms with van der Waals surface area (Å²) >= 11 is 3.68. The fourth-order valence-electron chi connectivity index (χ4n) is 2.10. The van der Waals surface area contributed by atoms with E-state index >= 15 is 0 Å². The molecule has 0 saturated heterocycles. The SMILES string of the molecule is COc1ccc(C(=O)Nc2nnc(SCC(=O)Nc3nnc(C)s3)s2)cc1OC. The van der Waals surface area contributed by atoms with Gasteiger partial charge in [-0.2, -0.15) is 0 Å². The van der Waals surface area contributed by atoms with E-state index in [1.165, 1.54) is 48.7 Å². The lowest BCUT2D eigenvalue weighted by atomic mass is 10.2. The number of aromatic nitrogens is 4. The van der Waals surface area contributed by atoms with Crippen LogP contribution in [0.15, 0.2) is 22.5 Å². The second-order valence-electron chi connectivity index (χ2n) is 5.36. The molecule has 0 atom stereocenters. The number of hydrogen-bond donors (Lipinski definition) is 2. The number of amides is 2. The fraction of sp³-hybridized carbons (Fsp3) is 0.250. The van der Waals surface area contributed by atoms with Crippen LogP contribution in [0.1, 0.15) is 15.4 Å². The molecule has 0 aliphatic carbocycles. The first-order chi connectivity index (χ1) is 14.0. The minimum atomic E-state index is -0.358. The second kappa shape index (κ2) is 9.62. The summed E-state index contributed by atoms with van der Waals surface area (Å²) in [5.74, 6) is 0.530. The predicted molar refractivity (Wildman–Crippen MR) is 111 cm³/mol. The van der Waals surface area contributed by atoms with Gasteiger partial charge in [0.25, 0.3) is 5.91 Å². The Labute approximate surface area is 178 Å². The first kappa shape index (κ1) is 21.0. The lowest BCUT2D eigenvalue weighted by Crippen LogP contribution is -2.13. The molecule has 0 aliphatic rings. The lowest BCUT2D eigenvalue weighted by molar-refractivity contribution is -0.113. The quantitative estimate of drug-likeness (QED) is 0.391. The molecule has 0 fully saturated rings. The highest BCUT2D eigenvalue weighted by Crippen LogP contribution is 2.29. The van der Waals surface area contributed by atoms with Crippen molar-refractivity contribution in [3.8, 4) is 11.5 Å². The number of rotatable bonds is 8. The Bertz CT molecular complexity index is 1020. The van der Waals surface area contributed by atoms with Crippen molar-refractivity contribution in [2.75, 3.05) is 30.6 Å². The van der Waals surface area contributed by atoms with Gasteiger partial charge in [-0.1, -0.05) is 34.4 Å². The Balaban J connectivity index is 1.54. The van der Waals surface area contributed by atoms with E-state index in [1.54, 1.807) is 25.1 Å². The highest BCUT2D eigenvalue weighted by Gasteiger charge is 2.14. The maximum atomic E-state index is 12.4. The highest BCUT2D eigenvalue weighted by atomic mass is 32.2. The minimum Gasteiger partial charge on any atom is -0.493 e. The van der Waals surface area contributed by atoms with Gasteiger partial charge < -0.3 is 9.47 Å². The van der Waals surface area contributed by atoms with Crippen molar-refractivity contribution in [3.63, 3.8) is 0 Å². The second-order valence-corrected chi connectivity index (χ2v) is 8.74. The molecule has 13 heteroatoms. The third-order valence-corrected chi connectivity index (χ3v) is 6.10. The van der Waals surface area contributed by atoms with Crippen LogP contribution in [0.4, 0.5) is 10.3 Å². The normalized spacial score (nSPS) is 10.4. The third-order valence-electron chi connectivity index (χ3n) is 3.37. The molecule has 2 N–H and O–H groups in total. The van der Waals surface area contributed by atoms with Crippen molar-refractivity contribution >= 4 is 56.5 Å². The van der Waals surface area contributed by atoms with Gasteiger partial charge in [0.2, 0.25) is 16.2 Å². The monoisotopic (exact) mass is 452 g/mol. The van der Waals surface area contributed by atoms with Gasteiger partial charge in [-0.15, -0.1) is 20.4 Å². The fourth-order valence-corrected chi connectivity index (χ4v) is 4.25. The Kier molecular flexibility index (Phi) is 6.95. The zero-order valence-electron chi connectivity index (χ0n) is 15.6. The van der Waals surface area contributed by atoms with Crippen LogP contribution < -0.4 is 20.1 Å². The first-order valence-corrected chi connectivity index (χ1v) is 10.7. The molecule has 29 heavy (non-hydrogen) atoms. The van der Waals surface area contributed by atoms with E-state index < -0.39 is 0 Å². The Morgan fingerprint density at radius 3 is 2.41 bits per heavy atom. The number of carbonyl (C=O) groups excluding carboxylic acids is 2. The number of carbonyl (C=O) groups is 2. The number of nitrogens with one attached hydrogen (secondary N) is 2. The number of thioether (sulfide) groups is 1. The van der Waals surface area contributed by atoms with Gasteiger partial charge in [0, 0.05) is 5.56 Å². The first-order valence-electron chi connectivity index (χ1n) is 8.08. The highest BCUT2D eigenvalue weighted by molar-refractivity contribution is 8.01. The summed E-state index contributed by atoms with van der Waals surface area (Å²) in [4.78, 5) is 24.4. The smallest absolute Gasteiger partial charge is 0.257 e. The van der Waals surface area contributed by atoms with E-state index in [1.807, 2.05) is 0 Å². The Hall–Kier alpha value is -2.77. The average Bonchev–Trinajstić information content (AvgIpc) is 3.34. The van der Waals surface area contributed by atoms with Crippen LogP contribution in [0.2, 0.25) is 0 Å². The summed E-state index contributed by atoms with van der Waals surface area (Å²) in [5, 5.41) is 22.5. The largest absolute Gasteiger partial charge is 0.493 e. The molecule has 152 valence electrons. The van der Waals surface area contributed by atoms with Gasteiger partial charge in [-0.05, 0) is 25.1 Å². The molecule has 10 nitrogen and oxygen atoms in total. The van der Waals surface area contributed by atoms with Crippen molar-refractivity contribution in [2.45, 2.75) is 11.3 Å². The van der Waals surface area contributed by atoms with Gasteiger partial charge in [0.1, 0.15) is 5.01 Å². The van der Waals surface area contributed by atoms with Crippen molar-refractivity contribution in [3.05, 3.63) is 28.8 Å². The zero-order chi connectivity index (χ0) is 20.8. The molecule has 0 saturated carbocycles. The molecule has 3 rings (SSSR count). The van der Waals surface area contributed by atoms with Crippen LogP contribution in [-0.4, -0.2) is 52.2 Å². The molecule has 0 spiro atoms. The van der Waals surface area contributed by atoms with Crippen molar-refractivity contribution in [1.82, 2.24) is 20.4 Å². The molecule has 1 aromatic carbocycles. The number of benzene rings is 1. The van der Waals surface area contributed by atoms with E-state index in [0.717, 1.165) is 5.01 Å². The molecule has 0 aliphatic heterocycles. The molecule has 3 aromatic rings. The van der Waals surface area contributed by atoms with E-state index in [-0.39, 0.29) is 17.6 Å². The summed E-state index contributed by atoms with van der Waals surface area (Å²) in [5.41, 5.74) is 0.388. The molecule has 0 unspecified atom stereocenters. The summed E-state index contributed by atoms with van der Waals surface area (Å²) < 4.78 is 10.9. The maximum absolute atomic E-state index is 12.4. The number of aryl methyl sites for hydroxylation is 1. The van der Waals surface area contributed by atoms with Crippen LogP contribution in [-0.2, 0) is 4.79 Å². The van der Waals surface area contributed by atoms with Crippen LogP contribution >= 0.6 is 34.4 Å². The van der Waals surface area contributed by atoms with Crippen LogP contribution in [0, 0.1) is 6.92 Å².